The highest BCUT2D eigenvalue weighted by molar-refractivity contribution is 7.47. The van der Waals surface area contributed by atoms with Gasteiger partial charge in [-0.2, -0.15) is 0 Å². The molecule has 64 heavy (non-hydrogen) atoms. The Morgan fingerprint density at radius 1 is 0.531 bits per heavy atom. The predicted octanol–water partition coefficient (Wildman–Crippen LogP) is 16.2. The number of aliphatic hydroxyl groups excluding tert-OH is 1. The molecular formula is C55H108N2O6P+. The Labute approximate surface area is 397 Å². The second kappa shape index (κ2) is 46.8. The van der Waals surface area contributed by atoms with E-state index in [1.165, 1.54) is 193 Å². The predicted molar refractivity (Wildman–Crippen MR) is 277 cm³/mol. The van der Waals surface area contributed by atoms with E-state index < -0.39 is 20.0 Å². The maximum atomic E-state index is 12.9. The summed E-state index contributed by atoms with van der Waals surface area (Å²) in [5.41, 5.74) is 0. The fourth-order valence-corrected chi connectivity index (χ4v) is 8.75. The molecule has 0 spiro atoms. The third-order valence-electron chi connectivity index (χ3n) is 12.4. The molecule has 378 valence electrons. The smallest absolute Gasteiger partial charge is 0.387 e. The average Bonchev–Trinajstić information content (AvgIpc) is 3.25. The van der Waals surface area contributed by atoms with Gasteiger partial charge in [0.1, 0.15) is 13.2 Å². The largest absolute Gasteiger partial charge is 0.472 e. The van der Waals surface area contributed by atoms with Crippen LogP contribution in [0.25, 0.3) is 0 Å². The van der Waals surface area contributed by atoms with Crippen molar-refractivity contribution in [2.24, 2.45) is 0 Å². The van der Waals surface area contributed by atoms with Gasteiger partial charge in [0.25, 0.3) is 0 Å². The SMILES string of the molecule is CCCCCCCCC/C=C/C(O)C(COP(=O)(O)OCC[N+](C)(C)C)NC(=O)CCCCCCCCCCCCCCCCCCC/C=C\C/C=C\CCCCCCCCCCC. The number of nitrogens with zero attached hydrogens (tertiary/aromatic N) is 1. The molecule has 0 heterocycles. The van der Waals surface area contributed by atoms with Crippen LogP contribution >= 0.6 is 7.82 Å². The van der Waals surface area contributed by atoms with Crippen LogP contribution in [0.15, 0.2) is 36.5 Å². The van der Waals surface area contributed by atoms with Gasteiger partial charge >= 0.3 is 7.82 Å². The van der Waals surface area contributed by atoms with Crippen LogP contribution in [-0.4, -0.2) is 73.4 Å². The van der Waals surface area contributed by atoms with E-state index in [4.69, 9.17) is 9.05 Å². The first-order valence-corrected chi connectivity index (χ1v) is 28.9. The van der Waals surface area contributed by atoms with Crippen molar-refractivity contribution < 1.29 is 32.9 Å². The zero-order chi connectivity index (χ0) is 47.1. The van der Waals surface area contributed by atoms with E-state index in [0.717, 1.165) is 44.9 Å². The third-order valence-corrected chi connectivity index (χ3v) is 13.3. The fourth-order valence-electron chi connectivity index (χ4n) is 8.01. The highest BCUT2D eigenvalue weighted by Gasteiger charge is 2.27. The minimum absolute atomic E-state index is 0.0622. The summed E-state index contributed by atoms with van der Waals surface area (Å²) in [6, 6.07) is -0.843. The molecule has 0 aromatic carbocycles. The second-order valence-corrected chi connectivity index (χ2v) is 21.4. The molecule has 0 radical (unpaired) electrons. The quantitative estimate of drug-likeness (QED) is 0.0243. The molecular weight excluding hydrogens is 816 g/mol. The average molecular weight is 924 g/mol. The van der Waals surface area contributed by atoms with E-state index in [1.54, 1.807) is 6.08 Å². The lowest BCUT2D eigenvalue weighted by Gasteiger charge is -2.25. The number of phosphoric ester groups is 1. The lowest BCUT2D eigenvalue weighted by Crippen LogP contribution is -2.45. The molecule has 0 saturated carbocycles. The third kappa shape index (κ3) is 48.6. The summed E-state index contributed by atoms with van der Waals surface area (Å²) in [7, 11) is 1.58. The molecule has 0 saturated heterocycles. The first-order chi connectivity index (χ1) is 31.0. The van der Waals surface area contributed by atoms with Crippen LogP contribution in [0.4, 0.5) is 0 Å². The van der Waals surface area contributed by atoms with Crippen molar-refractivity contribution in [2.75, 3.05) is 40.9 Å². The maximum absolute atomic E-state index is 12.9. The molecule has 3 N–H and O–H groups in total. The van der Waals surface area contributed by atoms with E-state index in [1.807, 2.05) is 27.2 Å². The Morgan fingerprint density at radius 3 is 1.28 bits per heavy atom. The molecule has 0 aliphatic heterocycles. The van der Waals surface area contributed by atoms with E-state index in [0.29, 0.717) is 17.4 Å². The van der Waals surface area contributed by atoms with Crippen LogP contribution in [0.2, 0.25) is 0 Å². The number of allylic oxidation sites excluding steroid dienone is 5. The highest BCUT2D eigenvalue weighted by atomic mass is 31.2. The van der Waals surface area contributed by atoms with Gasteiger partial charge in [-0.25, -0.2) is 4.57 Å². The normalized spacial score (nSPS) is 14.3. The van der Waals surface area contributed by atoms with Gasteiger partial charge in [-0.1, -0.05) is 237 Å². The summed E-state index contributed by atoms with van der Waals surface area (Å²) in [4.78, 5) is 23.1. The van der Waals surface area contributed by atoms with E-state index >= 15 is 0 Å². The summed E-state index contributed by atoms with van der Waals surface area (Å²) in [5.74, 6) is -0.177. The number of quaternary nitrogens is 1. The van der Waals surface area contributed by atoms with Crippen LogP contribution < -0.4 is 5.32 Å². The number of carbonyl (C=O) groups is 1. The molecule has 0 aromatic rings. The number of nitrogens with one attached hydrogen (secondary N) is 1. The van der Waals surface area contributed by atoms with Crippen LogP contribution in [0.3, 0.4) is 0 Å². The molecule has 0 bridgehead atoms. The summed E-state index contributed by atoms with van der Waals surface area (Å²) in [5, 5.41) is 13.8. The lowest BCUT2D eigenvalue weighted by molar-refractivity contribution is -0.870. The van der Waals surface area contributed by atoms with Crippen molar-refractivity contribution in [3.63, 3.8) is 0 Å². The molecule has 0 aromatic heterocycles. The molecule has 9 heteroatoms. The van der Waals surface area contributed by atoms with Crippen molar-refractivity contribution >= 4 is 13.7 Å². The molecule has 3 atom stereocenters. The molecule has 1 amide bonds. The van der Waals surface area contributed by atoms with Crippen molar-refractivity contribution in [1.29, 1.82) is 0 Å². The van der Waals surface area contributed by atoms with Gasteiger partial charge in [0, 0.05) is 6.42 Å². The Balaban J connectivity index is 3.93. The topological polar surface area (TPSA) is 105 Å². The zero-order valence-corrected chi connectivity index (χ0v) is 43.9. The minimum atomic E-state index is -4.33. The lowest BCUT2D eigenvalue weighted by atomic mass is 10.0. The summed E-state index contributed by atoms with van der Waals surface area (Å²) in [6.45, 7) is 4.80. The number of aliphatic hydroxyl groups is 1. The van der Waals surface area contributed by atoms with Gasteiger partial charge in [-0.15, -0.1) is 0 Å². The number of phosphoric acid groups is 1. The monoisotopic (exact) mass is 924 g/mol. The van der Waals surface area contributed by atoms with E-state index in [2.05, 4.69) is 43.5 Å². The molecule has 0 aliphatic carbocycles. The van der Waals surface area contributed by atoms with Gasteiger partial charge < -0.3 is 19.8 Å². The van der Waals surface area contributed by atoms with Gasteiger partial charge in [0.15, 0.2) is 0 Å². The molecule has 0 aliphatic rings. The molecule has 8 nitrogen and oxygen atoms in total. The number of rotatable bonds is 50. The van der Waals surface area contributed by atoms with Crippen molar-refractivity contribution in [3.8, 4) is 0 Å². The van der Waals surface area contributed by atoms with E-state index in [-0.39, 0.29) is 19.1 Å². The standard InChI is InChI=1S/C55H107N2O6P/c1-6-8-10-12-14-16-17-18-19-20-21-22-23-24-25-26-27-28-29-30-31-32-33-34-35-36-37-38-39-41-43-45-47-49-55(59)56-53(52-63-64(60,61)62-51-50-57(3,4)5)54(58)48-46-44-42-40-15-13-11-9-7-2/h21-22,24-25,46,48,53-54,58H,6-20,23,26-45,47,49-52H2,1-5H3,(H-,56,59,60,61)/p+1/b22-21-,25-24-,48-46+. The second-order valence-electron chi connectivity index (χ2n) is 20.0. The Kier molecular flexibility index (Phi) is 45.9. The van der Waals surface area contributed by atoms with Gasteiger partial charge in [-0.3, -0.25) is 13.8 Å². The highest BCUT2D eigenvalue weighted by Crippen LogP contribution is 2.43. The molecule has 0 rings (SSSR count). The zero-order valence-electron chi connectivity index (χ0n) is 43.0. The Bertz CT molecular complexity index is 1140. The fraction of sp³-hybridized carbons (Fsp3) is 0.873. The Hall–Kier alpha value is -1.28. The molecule has 0 fully saturated rings. The summed E-state index contributed by atoms with van der Waals surface area (Å²) in [6.07, 6.45) is 59.8. The number of hydrogen-bond donors (Lipinski definition) is 3. The number of likely N-dealkylation sites (N-methyl/N-ethyl adjacent to an activating group) is 1. The van der Waals surface area contributed by atoms with Gasteiger partial charge in [-0.05, 0) is 51.4 Å². The Morgan fingerprint density at radius 2 is 0.891 bits per heavy atom. The van der Waals surface area contributed by atoms with Crippen LogP contribution in [0.5, 0.6) is 0 Å². The van der Waals surface area contributed by atoms with Crippen LogP contribution in [0, 0.1) is 0 Å². The minimum Gasteiger partial charge on any atom is -0.387 e. The van der Waals surface area contributed by atoms with Crippen molar-refractivity contribution in [1.82, 2.24) is 5.32 Å². The molecule has 3 unspecified atom stereocenters. The van der Waals surface area contributed by atoms with Crippen LogP contribution in [0.1, 0.15) is 258 Å². The number of amides is 1. The van der Waals surface area contributed by atoms with Crippen molar-refractivity contribution in [2.45, 2.75) is 270 Å². The number of carbonyl (C=O) groups excluding carboxylic acids is 1. The van der Waals surface area contributed by atoms with E-state index in [9.17, 15) is 19.4 Å². The van der Waals surface area contributed by atoms with Gasteiger partial charge in [0.05, 0.1) is 39.9 Å². The van der Waals surface area contributed by atoms with Crippen LogP contribution in [-0.2, 0) is 18.4 Å². The van der Waals surface area contributed by atoms with Gasteiger partial charge in [0.2, 0.25) is 5.91 Å². The first kappa shape index (κ1) is 62.7. The number of unbranched alkanes of at least 4 members (excludes halogenated alkanes) is 33. The first-order valence-electron chi connectivity index (χ1n) is 27.4. The summed E-state index contributed by atoms with van der Waals surface area (Å²) >= 11 is 0. The van der Waals surface area contributed by atoms with Crippen molar-refractivity contribution in [3.05, 3.63) is 36.5 Å². The maximum Gasteiger partial charge on any atom is 0.472 e. The number of hydrogen-bond acceptors (Lipinski definition) is 5. The summed E-state index contributed by atoms with van der Waals surface area (Å²) < 4.78 is 23.6.